The van der Waals surface area contributed by atoms with E-state index in [4.69, 9.17) is 4.74 Å². The summed E-state index contributed by atoms with van der Waals surface area (Å²) in [5.74, 6) is -0.251. The molecule has 102 valence electrons. The number of carbonyl (C=O) groups is 1. The lowest BCUT2D eigenvalue weighted by Crippen LogP contribution is -2.18. The maximum absolute atomic E-state index is 11.1. The van der Waals surface area contributed by atoms with Crippen molar-refractivity contribution < 1.29 is 9.53 Å². The Hall–Kier alpha value is -1.83. The first-order valence-electron chi connectivity index (χ1n) is 6.51. The predicted molar refractivity (Wildman–Crippen MR) is 78.9 cm³/mol. The Morgan fingerprint density at radius 1 is 1.26 bits per heavy atom. The third-order valence-corrected chi connectivity index (χ3v) is 2.85. The molecule has 1 atom stereocenters. The molecule has 2 nitrogen and oxygen atoms in total. The number of carbonyl (C=O) groups excluding carboxylic acids is 1. The molecule has 0 aliphatic carbocycles. The minimum absolute atomic E-state index is 0.196. The quantitative estimate of drug-likeness (QED) is 0.568. The van der Waals surface area contributed by atoms with Crippen LogP contribution >= 0.6 is 0 Å². The molecular weight excluding hydrogens is 236 g/mol. The smallest absolute Gasteiger partial charge is 0.303 e. The van der Waals surface area contributed by atoms with Gasteiger partial charge in [0, 0.05) is 13.3 Å². The first kappa shape index (κ1) is 15.2. The molecule has 2 heteroatoms. The molecule has 0 radical (unpaired) electrons. The molecule has 1 unspecified atom stereocenters. The van der Waals surface area contributed by atoms with Crippen LogP contribution in [0.2, 0.25) is 0 Å². The van der Waals surface area contributed by atoms with Crippen LogP contribution in [0.5, 0.6) is 0 Å². The Kier molecular flexibility index (Phi) is 6.07. The number of esters is 1. The molecule has 19 heavy (non-hydrogen) atoms. The molecule has 0 N–H and O–H groups in total. The van der Waals surface area contributed by atoms with E-state index in [2.05, 4.69) is 24.8 Å². The average molecular weight is 258 g/mol. The highest BCUT2D eigenvalue weighted by atomic mass is 16.5. The van der Waals surface area contributed by atoms with Gasteiger partial charge >= 0.3 is 5.97 Å². The molecule has 0 bridgehead atoms. The number of hydrogen-bond donors (Lipinski definition) is 0. The van der Waals surface area contributed by atoms with Crippen LogP contribution in [0.1, 0.15) is 32.8 Å². The molecule has 0 aromatic heterocycles. The average Bonchev–Trinajstić information content (AvgIpc) is 2.35. The molecule has 0 saturated heterocycles. The number of benzene rings is 1. The van der Waals surface area contributed by atoms with Gasteiger partial charge in [-0.2, -0.15) is 0 Å². The van der Waals surface area contributed by atoms with E-state index in [1.54, 1.807) is 0 Å². The van der Waals surface area contributed by atoms with Gasteiger partial charge in [0.2, 0.25) is 0 Å². The fourth-order valence-corrected chi connectivity index (χ4v) is 1.84. The number of hydrogen-bond acceptors (Lipinski definition) is 2. The first-order valence-corrected chi connectivity index (χ1v) is 6.51. The summed E-state index contributed by atoms with van der Waals surface area (Å²) in [6, 6.07) is 10.2. The minimum atomic E-state index is -0.251. The summed E-state index contributed by atoms with van der Waals surface area (Å²) >= 11 is 0. The van der Waals surface area contributed by atoms with E-state index in [1.165, 1.54) is 12.5 Å². The van der Waals surface area contributed by atoms with Gasteiger partial charge in [-0.3, -0.25) is 4.79 Å². The third-order valence-electron chi connectivity index (χ3n) is 2.85. The van der Waals surface area contributed by atoms with E-state index in [1.807, 2.05) is 32.0 Å². The summed E-state index contributed by atoms with van der Waals surface area (Å²) in [7, 11) is 0. The Bertz CT molecular complexity index is 441. The van der Waals surface area contributed by atoms with Gasteiger partial charge in [0.05, 0.1) is 0 Å². The molecule has 1 rings (SSSR count). The molecule has 0 saturated carbocycles. The van der Waals surface area contributed by atoms with Crippen molar-refractivity contribution in [2.75, 3.05) is 0 Å². The molecule has 0 aliphatic rings. The van der Waals surface area contributed by atoms with E-state index < -0.39 is 0 Å². The summed E-state index contributed by atoms with van der Waals surface area (Å²) in [4.78, 5) is 11.1. The number of ether oxygens (including phenoxy) is 1. The lowest BCUT2D eigenvalue weighted by Gasteiger charge is -2.18. The van der Waals surface area contributed by atoms with E-state index in [0.29, 0.717) is 6.42 Å². The third kappa shape index (κ3) is 6.05. The second-order valence-electron chi connectivity index (χ2n) is 4.90. The van der Waals surface area contributed by atoms with Crippen LogP contribution in [0, 0.1) is 0 Å². The van der Waals surface area contributed by atoms with Crippen LogP contribution in [-0.2, 0) is 16.0 Å². The minimum Gasteiger partial charge on any atom is -0.458 e. The van der Waals surface area contributed by atoms with Crippen molar-refractivity contribution in [1.82, 2.24) is 0 Å². The molecule has 0 fully saturated rings. The van der Waals surface area contributed by atoms with Gasteiger partial charge in [-0.15, -0.1) is 0 Å². The van der Waals surface area contributed by atoms with Crippen molar-refractivity contribution >= 4 is 5.97 Å². The predicted octanol–water partition coefficient (Wildman–Crippen LogP) is 4.07. The van der Waals surface area contributed by atoms with Crippen LogP contribution in [0.25, 0.3) is 0 Å². The zero-order valence-electron chi connectivity index (χ0n) is 12.0. The lowest BCUT2D eigenvalue weighted by molar-refractivity contribution is -0.144. The molecule has 0 spiro atoms. The maximum Gasteiger partial charge on any atom is 0.303 e. The van der Waals surface area contributed by atoms with Gasteiger partial charge < -0.3 is 4.74 Å². The number of rotatable bonds is 6. The monoisotopic (exact) mass is 258 g/mol. The van der Waals surface area contributed by atoms with Crippen LogP contribution in [0.15, 0.2) is 54.1 Å². The van der Waals surface area contributed by atoms with Gasteiger partial charge in [-0.25, -0.2) is 0 Å². The van der Waals surface area contributed by atoms with Gasteiger partial charge in [0.25, 0.3) is 0 Å². The lowest BCUT2D eigenvalue weighted by atomic mass is 10.0. The first-order chi connectivity index (χ1) is 8.99. The summed E-state index contributed by atoms with van der Waals surface area (Å²) in [5, 5.41) is 0. The summed E-state index contributed by atoms with van der Waals surface area (Å²) in [6.45, 7) is 9.27. The molecular formula is C17H22O2. The van der Waals surface area contributed by atoms with Crippen LogP contribution in [-0.4, -0.2) is 12.1 Å². The van der Waals surface area contributed by atoms with Crippen LogP contribution in [0.4, 0.5) is 0 Å². The highest BCUT2D eigenvalue weighted by Crippen LogP contribution is 2.16. The van der Waals surface area contributed by atoms with Crippen molar-refractivity contribution in [1.29, 1.82) is 0 Å². The molecule has 1 aromatic carbocycles. The van der Waals surface area contributed by atoms with Gasteiger partial charge in [-0.1, -0.05) is 48.6 Å². The van der Waals surface area contributed by atoms with Crippen LogP contribution < -0.4 is 0 Å². The number of allylic oxidation sites excluding steroid dienone is 1. The molecule has 0 aliphatic heterocycles. The zero-order valence-corrected chi connectivity index (χ0v) is 12.0. The van der Waals surface area contributed by atoms with Gasteiger partial charge in [-0.05, 0) is 31.4 Å². The summed E-state index contributed by atoms with van der Waals surface area (Å²) in [5.41, 5.74) is 3.33. The Morgan fingerprint density at radius 2 is 1.89 bits per heavy atom. The SMILES string of the molecule is C=C(C)CC(OC(C)=O)/C(C)=C/Cc1ccccc1. The van der Waals surface area contributed by atoms with Crippen molar-refractivity contribution in [3.8, 4) is 0 Å². The highest BCUT2D eigenvalue weighted by molar-refractivity contribution is 5.66. The van der Waals surface area contributed by atoms with E-state index in [0.717, 1.165) is 17.6 Å². The van der Waals surface area contributed by atoms with Crippen LogP contribution in [0.3, 0.4) is 0 Å². The second-order valence-corrected chi connectivity index (χ2v) is 4.90. The van der Waals surface area contributed by atoms with Crippen molar-refractivity contribution in [3.63, 3.8) is 0 Å². The van der Waals surface area contributed by atoms with Crippen molar-refractivity contribution in [2.24, 2.45) is 0 Å². The topological polar surface area (TPSA) is 26.3 Å². The largest absolute Gasteiger partial charge is 0.458 e. The molecule has 0 heterocycles. The normalized spacial score (nSPS) is 12.9. The summed E-state index contributed by atoms with van der Waals surface area (Å²) < 4.78 is 5.34. The van der Waals surface area contributed by atoms with Crippen molar-refractivity contribution in [3.05, 3.63) is 59.7 Å². The Morgan fingerprint density at radius 3 is 2.42 bits per heavy atom. The van der Waals surface area contributed by atoms with E-state index >= 15 is 0 Å². The molecule has 0 amide bonds. The standard InChI is InChI=1S/C17H22O2/c1-13(2)12-17(19-15(4)18)14(3)10-11-16-8-6-5-7-9-16/h5-10,17H,1,11-12H2,2-4H3/b14-10+. The maximum atomic E-state index is 11.1. The molecule has 1 aromatic rings. The fourth-order valence-electron chi connectivity index (χ4n) is 1.84. The van der Waals surface area contributed by atoms with E-state index in [9.17, 15) is 4.79 Å². The zero-order chi connectivity index (χ0) is 14.3. The van der Waals surface area contributed by atoms with Crippen molar-refractivity contribution in [2.45, 2.75) is 39.7 Å². The second kappa shape index (κ2) is 7.57. The Balaban J connectivity index is 2.71. The van der Waals surface area contributed by atoms with Gasteiger partial charge in [0.1, 0.15) is 6.10 Å². The van der Waals surface area contributed by atoms with E-state index in [-0.39, 0.29) is 12.1 Å². The Labute approximate surface area is 115 Å². The summed E-state index contributed by atoms with van der Waals surface area (Å²) in [6.07, 6.45) is 3.45. The highest BCUT2D eigenvalue weighted by Gasteiger charge is 2.14. The van der Waals surface area contributed by atoms with Gasteiger partial charge in [0.15, 0.2) is 0 Å². The fraction of sp³-hybridized carbons (Fsp3) is 0.353.